The van der Waals surface area contributed by atoms with Crippen molar-refractivity contribution < 1.29 is 0 Å². The number of aryl methyl sites for hydroxylation is 4. The van der Waals surface area contributed by atoms with Gasteiger partial charge < -0.3 is 5.32 Å². The highest BCUT2D eigenvalue weighted by atomic mass is 79.9. The lowest BCUT2D eigenvalue weighted by atomic mass is 10.2. The van der Waals surface area contributed by atoms with Crippen molar-refractivity contribution in [1.82, 2.24) is 20.1 Å². The van der Waals surface area contributed by atoms with Gasteiger partial charge in [-0.15, -0.1) is 11.3 Å². The standard InChI is InChI=1S/C15H23BrN4S/c1-6-12-14(16)13(20(7-2)19-12)8-17-9(3)15-10(4)18-11(5)21-15/h9,17H,6-8H2,1-5H3. The van der Waals surface area contributed by atoms with Gasteiger partial charge in [0.15, 0.2) is 0 Å². The molecule has 0 aromatic carbocycles. The minimum absolute atomic E-state index is 0.299. The van der Waals surface area contributed by atoms with Crippen molar-refractivity contribution in [1.29, 1.82) is 0 Å². The molecule has 0 radical (unpaired) electrons. The highest BCUT2D eigenvalue weighted by molar-refractivity contribution is 9.10. The lowest BCUT2D eigenvalue weighted by Crippen LogP contribution is -2.20. The summed E-state index contributed by atoms with van der Waals surface area (Å²) in [5.74, 6) is 0. The molecule has 6 heteroatoms. The van der Waals surface area contributed by atoms with Crippen molar-refractivity contribution in [2.45, 2.75) is 60.2 Å². The molecular formula is C15H23BrN4S. The number of nitrogens with zero attached hydrogens (tertiary/aromatic N) is 3. The van der Waals surface area contributed by atoms with E-state index in [2.05, 4.69) is 70.6 Å². The van der Waals surface area contributed by atoms with E-state index < -0.39 is 0 Å². The molecule has 21 heavy (non-hydrogen) atoms. The third kappa shape index (κ3) is 3.55. The Bertz CT molecular complexity index is 617. The topological polar surface area (TPSA) is 42.7 Å². The van der Waals surface area contributed by atoms with Crippen molar-refractivity contribution >= 4 is 27.3 Å². The van der Waals surface area contributed by atoms with Gasteiger partial charge in [0, 0.05) is 24.0 Å². The summed E-state index contributed by atoms with van der Waals surface area (Å²) in [6.07, 6.45) is 0.948. The normalized spacial score (nSPS) is 12.9. The Hall–Kier alpha value is -0.720. The first kappa shape index (κ1) is 16.6. The Labute approximate surface area is 139 Å². The van der Waals surface area contributed by atoms with Gasteiger partial charge in [-0.2, -0.15) is 5.10 Å². The van der Waals surface area contributed by atoms with E-state index >= 15 is 0 Å². The molecular weight excluding hydrogens is 348 g/mol. The molecule has 0 fully saturated rings. The third-order valence-corrected chi connectivity index (χ3v) is 5.77. The number of halogens is 1. The minimum Gasteiger partial charge on any atom is -0.304 e. The van der Waals surface area contributed by atoms with E-state index in [1.54, 1.807) is 11.3 Å². The summed E-state index contributed by atoms with van der Waals surface area (Å²) in [6.45, 7) is 12.3. The van der Waals surface area contributed by atoms with Crippen LogP contribution in [-0.4, -0.2) is 14.8 Å². The number of hydrogen-bond acceptors (Lipinski definition) is 4. The van der Waals surface area contributed by atoms with Gasteiger partial charge in [-0.25, -0.2) is 4.98 Å². The molecule has 116 valence electrons. The van der Waals surface area contributed by atoms with Gasteiger partial charge in [-0.05, 0) is 50.0 Å². The van der Waals surface area contributed by atoms with Crippen LogP contribution < -0.4 is 5.32 Å². The summed E-state index contributed by atoms with van der Waals surface area (Å²) in [6, 6.07) is 0.299. The van der Waals surface area contributed by atoms with Crippen LogP contribution in [0.2, 0.25) is 0 Å². The quantitative estimate of drug-likeness (QED) is 0.830. The summed E-state index contributed by atoms with van der Waals surface area (Å²) in [5, 5.41) is 9.37. The van der Waals surface area contributed by atoms with E-state index in [0.717, 1.165) is 40.4 Å². The third-order valence-electron chi connectivity index (χ3n) is 3.60. The summed E-state index contributed by atoms with van der Waals surface area (Å²) in [4.78, 5) is 5.83. The molecule has 0 saturated carbocycles. The molecule has 1 atom stereocenters. The second-order valence-electron chi connectivity index (χ2n) is 5.16. The van der Waals surface area contributed by atoms with Crippen LogP contribution in [0.4, 0.5) is 0 Å². The van der Waals surface area contributed by atoms with Gasteiger partial charge >= 0.3 is 0 Å². The summed E-state index contributed by atoms with van der Waals surface area (Å²) < 4.78 is 3.22. The van der Waals surface area contributed by atoms with Gasteiger partial charge in [0.1, 0.15) is 0 Å². The summed E-state index contributed by atoms with van der Waals surface area (Å²) in [7, 11) is 0. The lowest BCUT2D eigenvalue weighted by Gasteiger charge is -2.14. The van der Waals surface area contributed by atoms with Crippen LogP contribution in [0.15, 0.2) is 4.47 Å². The molecule has 0 aliphatic carbocycles. The molecule has 0 aliphatic heterocycles. The highest BCUT2D eigenvalue weighted by Gasteiger charge is 2.17. The Morgan fingerprint density at radius 2 is 2.05 bits per heavy atom. The zero-order chi connectivity index (χ0) is 15.6. The van der Waals surface area contributed by atoms with Gasteiger partial charge in [-0.3, -0.25) is 4.68 Å². The van der Waals surface area contributed by atoms with Crippen LogP contribution in [0.3, 0.4) is 0 Å². The molecule has 1 unspecified atom stereocenters. The molecule has 0 saturated heterocycles. The maximum Gasteiger partial charge on any atom is 0.0900 e. The number of nitrogens with one attached hydrogen (secondary N) is 1. The van der Waals surface area contributed by atoms with E-state index in [0.29, 0.717) is 6.04 Å². The highest BCUT2D eigenvalue weighted by Crippen LogP contribution is 2.26. The predicted octanol–water partition coefficient (Wildman–Crippen LogP) is 4.15. The SMILES string of the molecule is CCc1nn(CC)c(CNC(C)c2sc(C)nc2C)c1Br. The number of rotatable bonds is 6. The Morgan fingerprint density at radius 1 is 1.33 bits per heavy atom. The zero-order valence-corrected chi connectivity index (χ0v) is 15.7. The summed E-state index contributed by atoms with van der Waals surface area (Å²) in [5.41, 5.74) is 3.49. The van der Waals surface area contributed by atoms with E-state index in [4.69, 9.17) is 0 Å². The number of aromatic nitrogens is 3. The first-order valence-corrected chi connectivity index (χ1v) is 9.00. The fourth-order valence-electron chi connectivity index (χ4n) is 2.48. The Kier molecular flexibility index (Phi) is 5.57. The zero-order valence-electron chi connectivity index (χ0n) is 13.3. The van der Waals surface area contributed by atoms with Crippen LogP contribution in [0.25, 0.3) is 0 Å². The molecule has 2 aromatic rings. The second-order valence-corrected chi connectivity index (χ2v) is 7.19. The van der Waals surface area contributed by atoms with Gasteiger partial charge in [0.2, 0.25) is 0 Å². The molecule has 0 bridgehead atoms. The van der Waals surface area contributed by atoms with E-state index in [1.807, 2.05) is 0 Å². The molecule has 4 nitrogen and oxygen atoms in total. The first-order valence-electron chi connectivity index (χ1n) is 7.39. The first-order chi connectivity index (χ1) is 9.97. The predicted molar refractivity (Wildman–Crippen MR) is 91.8 cm³/mol. The molecule has 2 rings (SSSR count). The van der Waals surface area contributed by atoms with Crippen LogP contribution in [0, 0.1) is 13.8 Å². The Morgan fingerprint density at radius 3 is 2.57 bits per heavy atom. The monoisotopic (exact) mass is 370 g/mol. The van der Waals surface area contributed by atoms with Crippen molar-refractivity contribution in [3.8, 4) is 0 Å². The maximum absolute atomic E-state index is 4.64. The van der Waals surface area contributed by atoms with Crippen molar-refractivity contribution in [2.75, 3.05) is 0 Å². The molecule has 0 aliphatic rings. The molecule has 0 spiro atoms. The average molecular weight is 371 g/mol. The van der Waals surface area contributed by atoms with Crippen molar-refractivity contribution in [3.05, 3.63) is 31.4 Å². The van der Waals surface area contributed by atoms with Crippen LogP contribution in [-0.2, 0) is 19.5 Å². The maximum atomic E-state index is 4.64. The van der Waals surface area contributed by atoms with E-state index in [1.165, 1.54) is 10.6 Å². The van der Waals surface area contributed by atoms with E-state index in [9.17, 15) is 0 Å². The van der Waals surface area contributed by atoms with Crippen LogP contribution >= 0.6 is 27.3 Å². The van der Waals surface area contributed by atoms with Crippen molar-refractivity contribution in [2.24, 2.45) is 0 Å². The largest absolute Gasteiger partial charge is 0.304 e. The lowest BCUT2D eigenvalue weighted by molar-refractivity contribution is 0.532. The molecule has 1 N–H and O–H groups in total. The van der Waals surface area contributed by atoms with E-state index in [-0.39, 0.29) is 0 Å². The fourth-order valence-corrected chi connectivity index (χ4v) is 4.14. The van der Waals surface area contributed by atoms with Gasteiger partial charge in [0.25, 0.3) is 0 Å². The van der Waals surface area contributed by atoms with Crippen LogP contribution in [0.1, 0.15) is 53.8 Å². The van der Waals surface area contributed by atoms with Gasteiger partial charge in [0.05, 0.1) is 26.6 Å². The molecule has 2 heterocycles. The summed E-state index contributed by atoms with van der Waals surface area (Å²) >= 11 is 5.47. The fraction of sp³-hybridized carbons (Fsp3) is 0.600. The smallest absolute Gasteiger partial charge is 0.0900 e. The minimum atomic E-state index is 0.299. The Balaban J connectivity index is 2.12. The molecule has 0 amide bonds. The number of thiazole rings is 1. The average Bonchev–Trinajstić information content (AvgIpc) is 2.95. The number of hydrogen-bond donors (Lipinski definition) is 1. The molecule has 2 aromatic heterocycles. The second kappa shape index (κ2) is 7.03. The van der Waals surface area contributed by atoms with Crippen LogP contribution in [0.5, 0.6) is 0 Å². The van der Waals surface area contributed by atoms with Crippen molar-refractivity contribution in [3.63, 3.8) is 0 Å². The van der Waals surface area contributed by atoms with Gasteiger partial charge in [-0.1, -0.05) is 6.92 Å².